The van der Waals surface area contributed by atoms with Crippen LogP contribution in [0.15, 0.2) is 24.3 Å². The molecule has 2 aliphatic heterocycles. The zero-order valence-electron chi connectivity index (χ0n) is 11.9. The number of carbonyl (C=O) groups is 1. The van der Waals surface area contributed by atoms with Crippen molar-refractivity contribution in [3.63, 3.8) is 0 Å². The average molecular weight is 381 g/mol. The maximum Gasteiger partial charge on any atom is 2.00 e. The first-order valence-electron chi connectivity index (χ1n) is 6.73. The second-order valence-corrected chi connectivity index (χ2v) is 7.47. The van der Waals surface area contributed by atoms with Crippen LogP contribution in [0.2, 0.25) is 0 Å². The quantitative estimate of drug-likeness (QED) is 0.783. The van der Waals surface area contributed by atoms with Gasteiger partial charge in [-0.1, -0.05) is 23.6 Å². The van der Waals surface area contributed by atoms with Crippen LogP contribution in [0.3, 0.4) is 0 Å². The Balaban J connectivity index is 0.00000176. The molecule has 0 saturated carbocycles. The van der Waals surface area contributed by atoms with Gasteiger partial charge in [-0.05, 0) is 24.4 Å². The van der Waals surface area contributed by atoms with E-state index in [-0.39, 0.29) is 39.6 Å². The third-order valence-electron chi connectivity index (χ3n) is 3.89. The van der Waals surface area contributed by atoms with Crippen molar-refractivity contribution >= 4 is 29.5 Å². The van der Waals surface area contributed by atoms with Gasteiger partial charge in [0.15, 0.2) is 0 Å². The molecular weight excluding hydrogens is 364 g/mol. The van der Waals surface area contributed by atoms with Crippen molar-refractivity contribution in [1.82, 2.24) is 4.90 Å². The summed E-state index contributed by atoms with van der Waals surface area (Å²) in [7, 11) is 1.86. The number of hydrogen-bond acceptors (Lipinski definition) is 5. The molecule has 1 aromatic carbocycles. The van der Waals surface area contributed by atoms with Gasteiger partial charge in [0, 0.05) is 11.1 Å². The number of thioether (sulfide) groups is 2. The zero-order valence-corrected chi connectivity index (χ0v) is 14.6. The molecule has 2 N–H and O–H groups in total. The van der Waals surface area contributed by atoms with Crippen molar-refractivity contribution in [3.8, 4) is 5.75 Å². The van der Waals surface area contributed by atoms with Crippen LogP contribution in [0.1, 0.15) is 10.9 Å². The van der Waals surface area contributed by atoms with Gasteiger partial charge in [-0.15, -0.1) is 17.8 Å². The summed E-state index contributed by atoms with van der Waals surface area (Å²) >= 11 is 3.36. The molecular formula is C14H17FeN2O3S2+. The molecule has 5 nitrogen and oxygen atoms in total. The molecule has 0 aliphatic carbocycles. The largest absolute Gasteiger partial charge is 2.00 e. The van der Waals surface area contributed by atoms with Gasteiger partial charge < -0.3 is 15.5 Å². The Morgan fingerprint density at radius 2 is 2.05 bits per heavy atom. The molecule has 8 heteroatoms. The Labute approximate surface area is 148 Å². The molecule has 3 rings (SSSR count). The number of phenolic OH excluding ortho intramolecular Hbond substituents is 1. The standard InChI is InChI=1S/C14H17N2O3S2.Fe/c1-16-10(14(18)19)7-21-13(16)9-6-20-12(15-9)8-4-2-3-5-11(8)17;/h2-5,9-10,12-13,17H,6-7H2,1H3,(H,18,19);/q-1;+2/t9-,10+,12?,13-;/m1./s1. The van der Waals surface area contributed by atoms with Gasteiger partial charge >= 0.3 is 23.0 Å². The molecule has 0 radical (unpaired) electrons. The third kappa shape index (κ3) is 3.42. The first-order valence-corrected chi connectivity index (χ1v) is 8.83. The third-order valence-corrected chi connectivity index (χ3v) is 6.61. The topological polar surface area (TPSA) is 74.9 Å². The molecule has 0 spiro atoms. The predicted molar refractivity (Wildman–Crippen MR) is 85.9 cm³/mol. The maximum absolute atomic E-state index is 11.2. The van der Waals surface area contributed by atoms with Crippen molar-refractivity contribution in [3.05, 3.63) is 35.1 Å². The van der Waals surface area contributed by atoms with Crippen LogP contribution >= 0.6 is 23.5 Å². The summed E-state index contributed by atoms with van der Waals surface area (Å²) in [6.07, 6.45) is 0. The van der Waals surface area contributed by atoms with E-state index in [0.29, 0.717) is 5.75 Å². The Kier molecular flexibility index (Phi) is 6.10. The van der Waals surface area contributed by atoms with Gasteiger partial charge in [0.05, 0.1) is 0 Å². The Bertz CT molecular complexity index is 549. The van der Waals surface area contributed by atoms with Gasteiger partial charge in [0.1, 0.15) is 11.8 Å². The minimum absolute atomic E-state index is 0. The van der Waals surface area contributed by atoms with Gasteiger partial charge in [0.2, 0.25) is 0 Å². The van der Waals surface area contributed by atoms with Crippen molar-refractivity contribution in [2.24, 2.45) is 0 Å². The van der Waals surface area contributed by atoms with Crippen molar-refractivity contribution in [1.29, 1.82) is 0 Å². The number of hydrogen-bond donors (Lipinski definition) is 2. The summed E-state index contributed by atoms with van der Waals surface area (Å²) in [6.45, 7) is 0. The normalized spacial score (nSPS) is 31.9. The second kappa shape index (κ2) is 7.47. The van der Waals surface area contributed by atoms with Crippen molar-refractivity contribution < 1.29 is 32.1 Å². The molecule has 0 amide bonds. The van der Waals surface area contributed by atoms with E-state index in [4.69, 9.17) is 5.32 Å². The Hall–Kier alpha value is -0.371. The minimum atomic E-state index is -0.768. The van der Waals surface area contributed by atoms with Crippen LogP contribution in [-0.2, 0) is 21.9 Å². The number of aliphatic carboxylic acids is 1. The molecule has 4 atom stereocenters. The smallest absolute Gasteiger partial charge is 0.641 e. The summed E-state index contributed by atoms with van der Waals surface area (Å²) < 4.78 is 0. The number of rotatable bonds is 3. The molecule has 0 aromatic heterocycles. The molecule has 1 unspecified atom stereocenters. The Morgan fingerprint density at radius 3 is 2.68 bits per heavy atom. The zero-order chi connectivity index (χ0) is 15.0. The number of para-hydroxylation sites is 1. The number of phenols is 1. The van der Waals surface area contributed by atoms with Crippen LogP contribution < -0.4 is 0 Å². The number of aromatic hydroxyl groups is 1. The number of benzene rings is 1. The predicted octanol–water partition coefficient (Wildman–Crippen LogP) is 2.34. The molecule has 22 heavy (non-hydrogen) atoms. The summed E-state index contributed by atoms with van der Waals surface area (Å²) in [4.78, 5) is 13.1. The molecule has 2 saturated heterocycles. The second-order valence-electron chi connectivity index (χ2n) is 5.20. The molecule has 1 aromatic rings. The van der Waals surface area contributed by atoms with Gasteiger partial charge in [-0.2, -0.15) is 11.8 Å². The van der Waals surface area contributed by atoms with Crippen molar-refractivity contribution in [2.75, 3.05) is 18.6 Å². The van der Waals surface area contributed by atoms with Gasteiger partial charge in [0.25, 0.3) is 0 Å². The summed E-state index contributed by atoms with van der Waals surface area (Å²) in [6, 6.07) is 6.94. The fourth-order valence-corrected chi connectivity index (χ4v) is 5.62. The molecule has 120 valence electrons. The van der Waals surface area contributed by atoms with E-state index in [2.05, 4.69) is 0 Å². The van der Waals surface area contributed by atoms with E-state index in [9.17, 15) is 15.0 Å². The van der Waals surface area contributed by atoms with Crippen LogP contribution in [0.25, 0.3) is 5.32 Å². The summed E-state index contributed by atoms with van der Waals surface area (Å²) in [5, 5.41) is 23.9. The van der Waals surface area contributed by atoms with E-state index in [1.165, 1.54) is 0 Å². The van der Waals surface area contributed by atoms with E-state index < -0.39 is 12.0 Å². The average Bonchev–Trinajstić information content (AvgIpc) is 3.05. The molecule has 2 aliphatic rings. The number of carboxylic acids is 1. The maximum atomic E-state index is 11.2. The number of likely N-dealkylation sites (N-methyl/N-ethyl adjacent to an activating group) is 1. The SMILES string of the molecule is CN1[C@@H]([C@H]2CSC(c3ccccc3O)[N-]2)SC[C@H]1C(=O)O.[Fe+2]. The van der Waals surface area contributed by atoms with E-state index >= 15 is 0 Å². The number of nitrogens with zero attached hydrogens (tertiary/aromatic N) is 2. The first-order chi connectivity index (χ1) is 10.1. The molecule has 0 bridgehead atoms. The van der Waals surface area contributed by atoms with Gasteiger partial charge in [-0.3, -0.25) is 9.69 Å². The van der Waals surface area contributed by atoms with Gasteiger partial charge in [-0.25, -0.2) is 0 Å². The Morgan fingerprint density at radius 1 is 1.32 bits per heavy atom. The minimum Gasteiger partial charge on any atom is -0.641 e. The van der Waals surface area contributed by atoms with Crippen LogP contribution in [0.5, 0.6) is 5.75 Å². The van der Waals surface area contributed by atoms with E-state index in [0.717, 1.165) is 11.3 Å². The molecule has 2 fully saturated rings. The monoisotopic (exact) mass is 381 g/mol. The first kappa shape index (κ1) is 18.0. The number of carboxylic acid groups (broad SMARTS) is 1. The van der Waals surface area contributed by atoms with Crippen LogP contribution in [-0.4, -0.2) is 57.1 Å². The van der Waals surface area contributed by atoms with Crippen molar-refractivity contribution in [2.45, 2.75) is 22.8 Å². The van der Waals surface area contributed by atoms with Crippen LogP contribution in [0, 0.1) is 0 Å². The van der Waals surface area contributed by atoms with E-state index in [1.54, 1.807) is 35.7 Å². The van der Waals surface area contributed by atoms with E-state index in [1.807, 2.05) is 24.1 Å². The fourth-order valence-electron chi connectivity index (χ4n) is 2.70. The van der Waals surface area contributed by atoms with Crippen LogP contribution in [0.4, 0.5) is 0 Å². The summed E-state index contributed by atoms with van der Waals surface area (Å²) in [5.41, 5.74) is 0.838. The summed E-state index contributed by atoms with van der Waals surface area (Å²) in [5.74, 6) is 0.965. The molecule has 2 heterocycles. The fraction of sp³-hybridized carbons (Fsp3) is 0.500.